The highest BCUT2D eigenvalue weighted by molar-refractivity contribution is 5.95. The summed E-state index contributed by atoms with van der Waals surface area (Å²) in [6.07, 6.45) is 1.81. The molecule has 2 aromatic rings. The number of likely N-dealkylation sites (tertiary alicyclic amines) is 1. The van der Waals surface area contributed by atoms with Crippen molar-refractivity contribution in [3.8, 4) is 0 Å². The third-order valence-electron chi connectivity index (χ3n) is 5.22. The van der Waals surface area contributed by atoms with Gasteiger partial charge in [0.05, 0.1) is 12.5 Å². The van der Waals surface area contributed by atoms with Crippen molar-refractivity contribution in [1.29, 1.82) is 0 Å². The Balaban J connectivity index is 1.40. The largest absolute Gasteiger partial charge is 0.337 e. The Morgan fingerprint density at radius 1 is 1.30 bits per heavy atom. The minimum absolute atomic E-state index is 0.0545. The number of aromatic nitrogens is 3. The summed E-state index contributed by atoms with van der Waals surface area (Å²) in [6, 6.07) is 7.68. The average molecular weight is 375 g/mol. The van der Waals surface area contributed by atoms with E-state index >= 15 is 0 Å². The maximum Gasteiger partial charge on any atom is 0.291 e. The number of carbonyl (C=O) groups excluding carboxylic acids is 2. The summed E-state index contributed by atoms with van der Waals surface area (Å²) in [5, 5.41) is 6.72. The van der Waals surface area contributed by atoms with Crippen molar-refractivity contribution in [2.75, 3.05) is 7.05 Å². The normalized spacial score (nSPS) is 26.3. The van der Waals surface area contributed by atoms with Crippen LogP contribution in [0.25, 0.3) is 0 Å². The van der Waals surface area contributed by atoms with Gasteiger partial charge in [-0.3, -0.25) is 9.59 Å². The van der Waals surface area contributed by atoms with Crippen molar-refractivity contribution >= 4 is 11.8 Å². The second-order valence-corrected chi connectivity index (χ2v) is 7.03. The first kappa shape index (κ1) is 17.6. The fourth-order valence-electron chi connectivity index (χ4n) is 3.71. The molecule has 2 aliphatic rings. The number of fused-ring (bicyclic) bond motifs is 1. The number of halogens is 2. The van der Waals surface area contributed by atoms with Crippen LogP contribution in [0, 0.1) is 5.92 Å². The molecule has 2 fully saturated rings. The first-order valence-electron chi connectivity index (χ1n) is 8.76. The number of hydrogen-bond donors (Lipinski definition) is 1. The van der Waals surface area contributed by atoms with Crippen LogP contribution in [-0.4, -0.2) is 56.5 Å². The van der Waals surface area contributed by atoms with Crippen LogP contribution in [0.3, 0.4) is 0 Å². The van der Waals surface area contributed by atoms with Gasteiger partial charge in [-0.2, -0.15) is 0 Å². The molecule has 1 aromatic heterocycles. The van der Waals surface area contributed by atoms with Crippen LogP contribution < -0.4 is 5.32 Å². The predicted octanol–water partition coefficient (Wildman–Crippen LogP) is 1.31. The van der Waals surface area contributed by atoms with Gasteiger partial charge in [0.25, 0.3) is 11.8 Å². The number of likely N-dealkylation sites (N-methyl/N-ethyl adjacent to an activating group) is 1. The number of nitrogens with one attached hydrogen (secondary N) is 1. The summed E-state index contributed by atoms with van der Waals surface area (Å²) < 4.78 is 28.8. The molecule has 1 N–H and O–H groups in total. The van der Waals surface area contributed by atoms with Gasteiger partial charge in [-0.25, -0.2) is 18.4 Å². The number of hydrogen-bond acceptors (Lipinski definition) is 4. The molecular weight excluding hydrogens is 356 g/mol. The molecule has 0 bridgehead atoms. The summed E-state index contributed by atoms with van der Waals surface area (Å²) in [5.74, 6) is -4.79. The van der Waals surface area contributed by atoms with Gasteiger partial charge in [0.15, 0.2) is 0 Å². The van der Waals surface area contributed by atoms with Gasteiger partial charge in [-0.15, -0.1) is 5.10 Å². The number of alkyl halides is 2. The van der Waals surface area contributed by atoms with Crippen molar-refractivity contribution in [2.45, 2.75) is 37.4 Å². The molecular formula is C18H19F2N5O2. The average Bonchev–Trinajstić information content (AvgIpc) is 2.99. The van der Waals surface area contributed by atoms with Crippen molar-refractivity contribution in [3.05, 3.63) is 48.0 Å². The molecule has 7 nitrogen and oxygen atoms in total. The fraction of sp³-hybridized carbons (Fsp3) is 0.444. The van der Waals surface area contributed by atoms with Crippen LogP contribution in [0.4, 0.5) is 8.78 Å². The molecule has 1 aromatic carbocycles. The van der Waals surface area contributed by atoms with Crippen molar-refractivity contribution in [1.82, 2.24) is 25.0 Å². The van der Waals surface area contributed by atoms with Gasteiger partial charge in [0.2, 0.25) is 11.7 Å². The molecule has 2 amide bonds. The Bertz CT molecular complexity index is 870. The molecule has 1 saturated heterocycles. The third kappa shape index (κ3) is 3.17. The van der Waals surface area contributed by atoms with Crippen molar-refractivity contribution in [2.24, 2.45) is 5.92 Å². The van der Waals surface area contributed by atoms with Gasteiger partial charge in [-0.1, -0.05) is 30.3 Å². The number of benzene rings is 1. The molecule has 3 atom stereocenters. The van der Waals surface area contributed by atoms with Crippen LogP contribution in [0.2, 0.25) is 0 Å². The second-order valence-electron chi connectivity index (χ2n) is 7.03. The summed E-state index contributed by atoms with van der Waals surface area (Å²) >= 11 is 0. The maximum absolute atomic E-state index is 13.6. The summed E-state index contributed by atoms with van der Waals surface area (Å²) in [6.45, 7) is 0.463. The molecule has 0 spiro atoms. The van der Waals surface area contributed by atoms with Gasteiger partial charge < -0.3 is 10.2 Å². The molecule has 142 valence electrons. The van der Waals surface area contributed by atoms with Crippen LogP contribution in [0.1, 0.15) is 29.0 Å². The Morgan fingerprint density at radius 3 is 2.78 bits per heavy atom. The highest BCUT2D eigenvalue weighted by atomic mass is 19.3. The second kappa shape index (κ2) is 6.40. The zero-order valence-electron chi connectivity index (χ0n) is 14.7. The van der Waals surface area contributed by atoms with Crippen LogP contribution in [0.15, 0.2) is 36.7 Å². The quantitative estimate of drug-likeness (QED) is 0.874. The predicted molar refractivity (Wildman–Crippen MR) is 91.0 cm³/mol. The van der Waals surface area contributed by atoms with E-state index in [1.165, 1.54) is 18.1 Å². The van der Waals surface area contributed by atoms with Gasteiger partial charge in [0, 0.05) is 7.05 Å². The lowest BCUT2D eigenvalue weighted by Gasteiger charge is -2.22. The minimum atomic E-state index is -2.82. The molecule has 27 heavy (non-hydrogen) atoms. The van der Waals surface area contributed by atoms with E-state index in [9.17, 15) is 18.4 Å². The lowest BCUT2D eigenvalue weighted by molar-refractivity contribution is -0.133. The van der Waals surface area contributed by atoms with Gasteiger partial charge in [0.1, 0.15) is 18.4 Å². The molecule has 9 heteroatoms. The zero-order valence-corrected chi connectivity index (χ0v) is 14.7. The number of amides is 2. The highest BCUT2D eigenvalue weighted by Gasteiger charge is 2.71. The lowest BCUT2D eigenvalue weighted by Crippen LogP contribution is -2.48. The fourth-order valence-corrected chi connectivity index (χ4v) is 3.71. The third-order valence-corrected chi connectivity index (χ3v) is 5.22. The Kier molecular flexibility index (Phi) is 4.16. The molecule has 4 rings (SSSR count). The van der Waals surface area contributed by atoms with Crippen molar-refractivity contribution < 1.29 is 18.4 Å². The van der Waals surface area contributed by atoms with E-state index in [1.807, 2.05) is 30.3 Å². The van der Waals surface area contributed by atoms with E-state index in [4.69, 9.17) is 0 Å². The number of carbonyl (C=O) groups is 2. The van der Waals surface area contributed by atoms with E-state index < -0.39 is 35.7 Å². The first-order chi connectivity index (χ1) is 12.9. The summed E-state index contributed by atoms with van der Waals surface area (Å²) in [4.78, 5) is 29.9. The van der Waals surface area contributed by atoms with E-state index in [0.29, 0.717) is 6.54 Å². The van der Waals surface area contributed by atoms with Crippen LogP contribution in [-0.2, 0) is 11.3 Å². The molecule has 0 unspecified atom stereocenters. The minimum Gasteiger partial charge on any atom is -0.337 e. The number of rotatable bonds is 4. The Morgan fingerprint density at radius 2 is 2.04 bits per heavy atom. The lowest BCUT2D eigenvalue weighted by atomic mass is 10.1. The number of nitrogens with zero attached hydrogens (tertiary/aromatic N) is 4. The summed E-state index contributed by atoms with van der Waals surface area (Å²) in [5.41, 5.74) is 1.01. The maximum atomic E-state index is 13.6. The monoisotopic (exact) mass is 375 g/mol. The summed E-state index contributed by atoms with van der Waals surface area (Å²) in [7, 11) is 1.36. The van der Waals surface area contributed by atoms with E-state index in [1.54, 1.807) is 0 Å². The van der Waals surface area contributed by atoms with Gasteiger partial charge >= 0.3 is 0 Å². The highest BCUT2D eigenvalue weighted by Crippen LogP contribution is 2.55. The SMILES string of the molecule is CN1C(=O)[C@@H](NC(=O)c2ncn(Cc3ccccc3)n2)CC[C@H]2[C@@H]1C2(F)F. The molecule has 1 aliphatic carbocycles. The van der Waals surface area contributed by atoms with Gasteiger partial charge in [-0.05, 0) is 18.4 Å². The zero-order chi connectivity index (χ0) is 19.2. The Labute approximate surface area is 154 Å². The van der Waals surface area contributed by atoms with Crippen LogP contribution in [0.5, 0.6) is 0 Å². The molecule has 1 saturated carbocycles. The molecule has 1 aliphatic heterocycles. The van der Waals surface area contributed by atoms with E-state index in [-0.39, 0.29) is 18.7 Å². The Hall–Kier alpha value is -2.84. The standard InChI is InChI=1S/C18H19F2N5O2/c1-24-14-12(18(14,19)20)7-8-13(17(24)27)22-16(26)15-21-10-25(23-15)9-11-5-3-2-4-6-11/h2-6,10,12-14H,7-9H2,1H3,(H,22,26)/t12-,13-,14+/m0/s1. The first-order valence-corrected chi connectivity index (χ1v) is 8.76. The smallest absolute Gasteiger partial charge is 0.291 e. The van der Waals surface area contributed by atoms with E-state index in [0.717, 1.165) is 10.5 Å². The molecule has 2 heterocycles. The topological polar surface area (TPSA) is 80.1 Å². The van der Waals surface area contributed by atoms with Crippen molar-refractivity contribution in [3.63, 3.8) is 0 Å². The van der Waals surface area contributed by atoms with E-state index in [2.05, 4.69) is 15.4 Å². The molecule has 0 radical (unpaired) electrons. The van der Waals surface area contributed by atoms with Crippen LogP contribution >= 0.6 is 0 Å².